The first-order chi connectivity index (χ1) is 9.66. The maximum absolute atomic E-state index is 12.8. The summed E-state index contributed by atoms with van der Waals surface area (Å²) in [5.41, 5.74) is 7.96. The maximum Gasteiger partial charge on any atom is 0.260 e. The molecule has 1 heterocycles. The van der Waals surface area contributed by atoms with E-state index >= 15 is 0 Å². The predicted octanol–water partition coefficient (Wildman–Crippen LogP) is 3.78. The molecule has 5 heteroatoms. The number of anilines is 2. The third-order valence-corrected chi connectivity index (χ3v) is 4.76. The van der Waals surface area contributed by atoms with Crippen molar-refractivity contribution in [3.8, 4) is 0 Å². The molecule has 0 unspecified atom stereocenters. The van der Waals surface area contributed by atoms with Crippen molar-refractivity contribution in [3.63, 3.8) is 0 Å². The van der Waals surface area contributed by atoms with E-state index in [1.165, 1.54) is 0 Å². The third-order valence-electron chi connectivity index (χ3n) is 3.22. The highest BCUT2D eigenvalue weighted by Gasteiger charge is 2.25. The summed E-state index contributed by atoms with van der Waals surface area (Å²) in [6.07, 6.45) is 0. The van der Waals surface area contributed by atoms with Gasteiger partial charge in [-0.3, -0.25) is 4.79 Å². The van der Waals surface area contributed by atoms with Crippen LogP contribution in [0.25, 0.3) is 0 Å². The standard InChI is InChI=1S/C15H13BrN2OS/c16-10-5-6-12(17)11(9-10)15(19)18-7-8-20-14-4-2-1-3-13(14)18/h1-6,9H,7-8,17H2. The lowest BCUT2D eigenvalue weighted by atomic mass is 10.1. The first-order valence-electron chi connectivity index (χ1n) is 6.25. The quantitative estimate of drug-likeness (QED) is 0.797. The van der Waals surface area contributed by atoms with Gasteiger partial charge in [0.1, 0.15) is 0 Å². The summed E-state index contributed by atoms with van der Waals surface area (Å²) in [6.45, 7) is 0.701. The Morgan fingerprint density at radius 2 is 2.05 bits per heavy atom. The summed E-state index contributed by atoms with van der Waals surface area (Å²) in [4.78, 5) is 15.7. The number of carbonyl (C=O) groups excluding carboxylic acids is 1. The van der Waals surface area contributed by atoms with E-state index in [4.69, 9.17) is 5.73 Å². The largest absolute Gasteiger partial charge is 0.398 e. The van der Waals surface area contributed by atoms with Gasteiger partial charge in [-0.25, -0.2) is 0 Å². The van der Waals surface area contributed by atoms with Crippen LogP contribution in [0.2, 0.25) is 0 Å². The minimum atomic E-state index is -0.0449. The zero-order chi connectivity index (χ0) is 14.1. The number of nitrogens with zero attached hydrogens (tertiary/aromatic N) is 1. The molecule has 0 saturated carbocycles. The number of thioether (sulfide) groups is 1. The van der Waals surface area contributed by atoms with E-state index < -0.39 is 0 Å². The molecule has 2 aromatic carbocycles. The van der Waals surface area contributed by atoms with Crippen LogP contribution in [0.15, 0.2) is 51.8 Å². The molecule has 3 nitrogen and oxygen atoms in total. The predicted molar refractivity (Wildman–Crippen MR) is 87.4 cm³/mol. The van der Waals surface area contributed by atoms with Crippen LogP contribution >= 0.6 is 27.7 Å². The van der Waals surface area contributed by atoms with Gasteiger partial charge in [0.15, 0.2) is 0 Å². The van der Waals surface area contributed by atoms with E-state index in [0.717, 1.165) is 20.8 Å². The summed E-state index contributed by atoms with van der Waals surface area (Å²) in [7, 11) is 0. The van der Waals surface area contributed by atoms with Crippen molar-refractivity contribution in [3.05, 3.63) is 52.5 Å². The van der Waals surface area contributed by atoms with E-state index in [9.17, 15) is 4.79 Å². The average Bonchev–Trinajstić information content (AvgIpc) is 2.48. The van der Waals surface area contributed by atoms with Crippen LogP contribution in [-0.2, 0) is 0 Å². The lowest BCUT2D eigenvalue weighted by molar-refractivity contribution is 0.0988. The van der Waals surface area contributed by atoms with Crippen molar-refractivity contribution in [2.75, 3.05) is 22.9 Å². The van der Waals surface area contributed by atoms with Gasteiger partial charge in [-0.05, 0) is 30.3 Å². The second kappa shape index (κ2) is 5.50. The molecule has 1 aliphatic rings. The highest BCUT2D eigenvalue weighted by Crippen LogP contribution is 2.35. The minimum Gasteiger partial charge on any atom is -0.398 e. The molecule has 0 radical (unpaired) electrons. The van der Waals surface area contributed by atoms with Crippen molar-refractivity contribution in [2.45, 2.75) is 4.90 Å². The number of nitrogens with two attached hydrogens (primary N) is 1. The number of para-hydroxylation sites is 1. The van der Waals surface area contributed by atoms with E-state index in [-0.39, 0.29) is 5.91 Å². The van der Waals surface area contributed by atoms with Crippen LogP contribution in [0.4, 0.5) is 11.4 Å². The molecule has 0 fully saturated rings. The van der Waals surface area contributed by atoms with Gasteiger partial charge in [-0.15, -0.1) is 11.8 Å². The number of rotatable bonds is 1. The van der Waals surface area contributed by atoms with Crippen molar-refractivity contribution in [1.82, 2.24) is 0 Å². The summed E-state index contributed by atoms with van der Waals surface area (Å²) in [5, 5.41) is 0. The molecule has 0 atom stereocenters. The minimum absolute atomic E-state index is 0.0449. The molecule has 20 heavy (non-hydrogen) atoms. The molecule has 1 aliphatic heterocycles. The Labute approximate surface area is 130 Å². The SMILES string of the molecule is Nc1ccc(Br)cc1C(=O)N1CCSc2ccccc21. The Morgan fingerprint density at radius 3 is 2.90 bits per heavy atom. The van der Waals surface area contributed by atoms with Crippen molar-refractivity contribution in [2.24, 2.45) is 0 Å². The van der Waals surface area contributed by atoms with Gasteiger partial charge < -0.3 is 10.6 Å². The fourth-order valence-corrected chi connectivity index (χ4v) is 3.60. The monoisotopic (exact) mass is 348 g/mol. The van der Waals surface area contributed by atoms with Crippen LogP contribution in [0.3, 0.4) is 0 Å². The normalized spacial score (nSPS) is 13.9. The van der Waals surface area contributed by atoms with E-state index in [0.29, 0.717) is 17.8 Å². The lowest BCUT2D eigenvalue weighted by Gasteiger charge is -2.29. The van der Waals surface area contributed by atoms with Crippen LogP contribution in [-0.4, -0.2) is 18.2 Å². The van der Waals surface area contributed by atoms with Gasteiger partial charge in [0, 0.05) is 27.4 Å². The molecule has 0 spiro atoms. The number of nitrogen functional groups attached to an aromatic ring is 1. The summed E-state index contributed by atoms with van der Waals surface area (Å²) in [5.74, 6) is 0.855. The van der Waals surface area contributed by atoms with Gasteiger partial charge in [-0.2, -0.15) is 0 Å². The number of hydrogen-bond acceptors (Lipinski definition) is 3. The molecular formula is C15H13BrN2OS. The van der Waals surface area contributed by atoms with Gasteiger partial charge in [0.2, 0.25) is 0 Å². The van der Waals surface area contributed by atoms with Crippen LogP contribution in [0.5, 0.6) is 0 Å². The molecule has 2 N–H and O–H groups in total. The molecule has 0 aliphatic carbocycles. The highest BCUT2D eigenvalue weighted by molar-refractivity contribution is 9.10. The van der Waals surface area contributed by atoms with E-state index in [2.05, 4.69) is 15.9 Å². The van der Waals surface area contributed by atoms with Crippen molar-refractivity contribution >= 4 is 45.0 Å². The van der Waals surface area contributed by atoms with Crippen molar-refractivity contribution in [1.29, 1.82) is 0 Å². The fraction of sp³-hybridized carbons (Fsp3) is 0.133. The zero-order valence-corrected chi connectivity index (χ0v) is 13.1. The van der Waals surface area contributed by atoms with Gasteiger partial charge >= 0.3 is 0 Å². The number of fused-ring (bicyclic) bond motifs is 1. The average molecular weight is 349 g/mol. The number of carbonyl (C=O) groups is 1. The lowest BCUT2D eigenvalue weighted by Crippen LogP contribution is -2.35. The third kappa shape index (κ3) is 2.43. The summed E-state index contributed by atoms with van der Waals surface area (Å²) in [6, 6.07) is 13.3. The molecule has 0 bridgehead atoms. The van der Waals surface area contributed by atoms with Crippen LogP contribution in [0, 0.1) is 0 Å². The molecule has 0 saturated heterocycles. The number of hydrogen-bond donors (Lipinski definition) is 1. The fourth-order valence-electron chi connectivity index (χ4n) is 2.24. The topological polar surface area (TPSA) is 46.3 Å². The highest BCUT2D eigenvalue weighted by atomic mass is 79.9. The second-order valence-corrected chi connectivity index (χ2v) is 6.56. The number of amides is 1. The maximum atomic E-state index is 12.8. The summed E-state index contributed by atoms with van der Waals surface area (Å²) >= 11 is 5.17. The van der Waals surface area contributed by atoms with Gasteiger partial charge in [0.05, 0.1) is 11.3 Å². The number of benzene rings is 2. The van der Waals surface area contributed by atoms with Crippen LogP contribution in [0.1, 0.15) is 10.4 Å². The van der Waals surface area contributed by atoms with Crippen molar-refractivity contribution < 1.29 is 4.79 Å². The summed E-state index contributed by atoms with van der Waals surface area (Å²) < 4.78 is 0.856. The molecule has 1 amide bonds. The van der Waals surface area contributed by atoms with E-state index in [1.807, 2.05) is 35.2 Å². The zero-order valence-electron chi connectivity index (χ0n) is 10.7. The van der Waals surface area contributed by atoms with Crippen LogP contribution < -0.4 is 10.6 Å². The molecule has 2 aromatic rings. The van der Waals surface area contributed by atoms with Gasteiger partial charge in [0.25, 0.3) is 5.91 Å². The Morgan fingerprint density at radius 1 is 1.25 bits per heavy atom. The molecule has 102 valence electrons. The Bertz CT molecular complexity index is 675. The van der Waals surface area contributed by atoms with Gasteiger partial charge in [-0.1, -0.05) is 28.1 Å². The number of halogens is 1. The molecule has 0 aromatic heterocycles. The Kier molecular flexibility index (Phi) is 3.72. The first kappa shape index (κ1) is 13.5. The molecule has 3 rings (SSSR count). The van der Waals surface area contributed by atoms with E-state index in [1.54, 1.807) is 23.9 Å². The first-order valence-corrected chi connectivity index (χ1v) is 8.03. The Balaban J connectivity index is 2.02. The Hall–Kier alpha value is -1.46. The smallest absolute Gasteiger partial charge is 0.260 e. The molecular weight excluding hydrogens is 336 g/mol. The second-order valence-electron chi connectivity index (χ2n) is 4.50.